The van der Waals surface area contributed by atoms with Crippen molar-refractivity contribution in [2.24, 2.45) is 0 Å². The van der Waals surface area contributed by atoms with E-state index in [1.54, 1.807) is 6.07 Å². The van der Waals surface area contributed by atoms with E-state index in [9.17, 15) is 4.79 Å². The van der Waals surface area contributed by atoms with Crippen LogP contribution in [0.1, 0.15) is 23.3 Å². The van der Waals surface area contributed by atoms with E-state index in [-0.39, 0.29) is 5.79 Å². The van der Waals surface area contributed by atoms with Gasteiger partial charge in [0, 0.05) is 25.9 Å². The molecule has 0 aromatic carbocycles. The number of rotatable bonds is 2. The van der Waals surface area contributed by atoms with Crippen LogP contribution in [0.4, 0.5) is 5.69 Å². The second-order valence-corrected chi connectivity index (χ2v) is 5.84. The predicted molar refractivity (Wildman–Crippen MR) is 79.4 cm³/mol. The highest BCUT2D eigenvalue weighted by atomic mass is 79.9. The highest BCUT2D eigenvalue weighted by molar-refractivity contribution is 9.10. The number of hydrogen-bond donors (Lipinski definition) is 0. The number of carbonyl (C=O) groups is 1. The van der Waals surface area contributed by atoms with E-state index >= 15 is 0 Å². The summed E-state index contributed by atoms with van der Waals surface area (Å²) in [5.41, 5.74) is 1.26. The maximum absolute atomic E-state index is 11.5. The highest BCUT2D eigenvalue weighted by Gasteiger charge is 2.40. The third-order valence-electron chi connectivity index (χ3n) is 3.90. The van der Waals surface area contributed by atoms with Crippen LogP contribution in [0.5, 0.6) is 0 Å². The average Bonchev–Trinajstić information content (AvgIpc) is 2.96. The number of methoxy groups -OCH3 is 1. The Balaban J connectivity index is 1.72. The van der Waals surface area contributed by atoms with Crippen molar-refractivity contribution >= 4 is 27.6 Å². The van der Waals surface area contributed by atoms with Gasteiger partial charge in [-0.05, 0) is 28.1 Å². The zero-order valence-corrected chi connectivity index (χ0v) is 13.4. The summed E-state index contributed by atoms with van der Waals surface area (Å²) < 4.78 is 16.8. The van der Waals surface area contributed by atoms with Crippen molar-refractivity contribution < 1.29 is 19.0 Å². The Morgan fingerprint density at radius 2 is 2.00 bits per heavy atom. The number of carbonyl (C=O) groups excluding carboxylic acids is 1. The summed E-state index contributed by atoms with van der Waals surface area (Å²) >= 11 is 3.43. The van der Waals surface area contributed by atoms with Gasteiger partial charge < -0.3 is 19.1 Å². The van der Waals surface area contributed by atoms with E-state index < -0.39 is 5.97 Å². The van der Waals surface area contributed by atoms with Gasteiger partial charge in [0.05, 0.1) is 26.0 Å². The molecule has 3 rings (SSSR count). The Morgan fingerprint density at radius 1 is 1.33 bits per heavy atom. The Hall–Kier alpha value is -1.18. The molecule has 7 heteroatoms. The molecule has 0 saturated carbocycles. The highest BCUT2D eigenvalue weighted by Crippen LogP contribution is 2.35. The molecule has 0 N–H and O–H groups in total. The number of hydrogen-bond acceptors (Lipinski definition) is 6. The summed E-state index contributed by atoms with van der Waals surface area (Å²) in [5, 5.41) is 0. The molecule has 2 aliphatic rings. The van der Waals surface area contributed by atoms with Gasteiger partial charge in [0.1, 0.15) is 10.3 Å². The number of piperidine rings is 1. The first-order valence-electron chi connectivity index (χ1n) is 6.91. The summed E-state index contributed by atoms with van der Waals surface area (Å²) in [5.74, 6) is -0.824. The summed E-state index contributed by atoms with van der Waals surface area (Å²) in [6.07, 6.45) is 1.66. The van der Waals surface area contributed by atoms with Crippen molar-refractivity contribution in [2.45, 2.75) is 18.6 Å². The average molecular weight is 357 g/mol. The molecule has 3 heterocycles. The monoisotopic (exact) mass is 356 g/mol. The Kier molecular flexibility index (Phi) is 4.14. The largest absolute Gasteiger partial charge is 0.464 e. The fourth-order valence-electron chi connectivity index (χ4n) is 2.76. The molecule has 0 unspecified atom stereocenters. The van der Waals surface area contributed by atoms with Crippen LogP contribution in [0.2, 0.25) is 0 Å². The van der Waals surface area contributed by atoms with Gasteiger partial charge in [0.2, 0.25) is 0 Å². The predicted octanol–water partition coefficient (Wildman–Crippen LogP) is 1.97. The number of anilines is 1. The molecule has 1 spiro atoms. The number of aromatic nitrogens is 1. The van der Waals surface area contributed by atoms with Crippen LogP contribution in [0, 0.1) is 0 Å². The SMILES string of the molecule is COC(=O)c1ccc(N2CCC3(CC2)OCCO3)c(Br)n1. The lowest BCUT2D eigenvalue weighted by Gasteiger charge is -2.38. The number of nitrogens with zero attached hydrogens (tertiary/aromatic N) is 2. The third-order valence-corrected chi connectivity index (χ3v) is 4.49. The van der Waals surface area contributed by atoms with Crippen LogP contribution < -0.4 is 4.90 Å². The molecular formula is C14H17BrN2O4. The zero-order chi connectivity index (χ0) is 14.9. The molecule has 1 aromatic rings. The normalized spacial score (nSPS) is 20.8. The van der Waals surface area contributed by atoms with E-state index in [4.69, 9.17) is 9.47 Å². The van der Waals surface area contributed by atoms with Gasteiger partial charge in [0.25, 0.3) is 0 Å². The van der Waals surface area contributed by atoms with Crippen molar-refractivity contribution in [1.29, 1.82) is 0 Å². The van der Waals surface area contributed by atoms with Crippen LogP contribution in [0.3, 0.4) is 0 Å². The fraction of sp³-hybridized carbons (Fsp3) is 0.571. The van der Waals surface area contributed by atoms with E-state index in [0.29, 0.717) is 23.5 Å². The number of pyridine rings is 1. The van der Waals surface area contributed by atoms with Crippen LogP contribution in [0.15, 0.2) is 16.7 Å². The molecule has 114 valence electrons. The quantitative estimate of drug-likeness (QED) is 0.596. The van der Waals surface area contributed by atoms with Crippen molar-refractivity contribution in [3.63, 3.8) is 0 Å². The van der Waals surface area contributed by atoms with Gasteiger partial charge >= 0.3 is 5.97 Å². The fourth-order valence-corrected chi connectivity index (χ4v) is 3.33. The minimum Gasteiger partial charge on any atom is -0.464 e. The molecule has 2 fully saturated rings. The zero-order valence-electron chi connectivity index (χ0n) is 11.8. The topological polar surface area (TPSA) is 60.9 Å². The van der Waals surface area contributed by atoms with Crippen molar-refractivity contribution in [3.05, 3.63) is 22.4 Å². The third kappa shape index (κ3) is 2.90. The van der Waals surface area contributed by atoms with E-state index in [2.05, 4.69) is 30.6 Å². The smallest absolute Gasteiger partial charge is 0.356 e. The maximum atomic E-state index is 11.5. The van der Waals surface area contributed by atoms with Gasteiger partial charge in [-0.1, -0.05) is 0 Å². The molecule has 0 atom stereocenters. The minimum atomic E-state index is -0.437. The van der Waals surface area contributed by atoms with Crippen LogP contribution in [-0.4, -0.2) is 50.2 Å². The minimum absolute atomic E-state index is 0.295. The Morgan fingerprint density at radius 3 is 2.57 bits per heavy atom. The standard InChI is InChI=1S/C14H17BrN2O4/c1-19-13(18)10-2-3-11(12(15)16-10)17-6-4-14(5-7-17)20-8-9-21-14/h2-3H,4-9H2,1H3. The van der Waals surface area contributed by atoms with Crippen LogP contribution >= 0.6 is 15.9 Å². The van der Waals surface area contributed by atoms with Gasteiger partial charge in [0.15, 0.2) is 5.79 Å². The number of halogens is 1. The van der Waals surface area contributed by atoms with E-state index in [0.717, 1.165) is 31.6 Å². The second-order valence-electron chi connectivity index (χ2n) is 5.09. The maximum Gasteiger partial charge on any atom is 0.356 e. The summed E-state index contributed by atoms with van der Waals surface area (Å²) in [6.45, 7) is 3.02. The van der Waals surface area contributed by atoms with Crippen molar-refractivity contribution in [1.82, 2.24) is 4.98 Å². The van der Waals surface area contributed by atoms with E-state index in [1.807, 2.05) is 6.07 Å². The van der Waals surface area contributed by atoms with Gasteiger partial charge in [-0.15, -0.1) is 0 Å². The number of ether oxygens (including phenoxy) is 3. The lowest BCUT2D eigenvalue weighted by atomic mass is 10.0. The molecule has 2 saturated heterocycles. The van der Waals surface area contributed by atoms with Gasteiger partial charge in [-0.2, -0.15) is 0 Å². The summed E-state index contributed by atoms with van der Waals surface area (Å²) in [7, 11) is 1.34. The van der Waals surface area contributed by atoms with Crippen molar-refractivity contribution in [3.8, 4) is 0 Å². The second kappa shape index (κ2) is 5.90. The first kappa shape index (κ1) is 14.7. The molecule has 0 radical (unpaired) electrons. The van der Waals surface area contributed by atoms with E-state index in [1.165, 1.54) is 7.11 Å². The number of esters is 1. The molecule has 0 bridgehead atoms. The Bertz CT molecular complexity index is 536. The molecule has 0 amide bonds. The first-order valence-corrected chi connectivity index (χ1v) is 7.71. The van der Waals surface area contributed by atoms with Gasteiger partial charge in [-0.25, -0.2) is 9.78 Å². The molecule has 2 aliphatic heterocycles. The van der Waals surface area contributed by atoms with Crippen molar-refractivity contribution in [2.75, 3.05) is 38.3 Å². The lowest BCUT2D eigenvalue weighted by molar-refractivity contribution is -0.169. The molecular weight excluding hydrogens is 340 g/mol. The lowest BCUT2D eigenvalue weighted by Crippen LogP contribution is -2.45. The molecule has 0 aliphatic carbocycles. The Labute approximate surface area is 131 Å². The molecule has 6 nitrogen and oxygen atoms in total. The summed E-state index contributed by atoms with van der Waals surface area (Å²) in [6, 6.07) is 3.57. The van der Waals surface area contributed by atoms with Crippen LogP contribution in [-0.2, 0) is 14.2 Å². The van der Waals surface area contributed by atoms with Crippen LogP contribution in [0.25, 0.3) is 0 Å². The first-order chi connectivity index (χ1) is 10.1. The molecule has 21 heavy (non-hydrogen) atoms. The van der Waals surface area contributed by atoms with Gasteiger partial charge in [-0.3, -0.25) is 0 Å². The molecule has 1 aromatic heterocycles. The summed E-state index contributed by atoms with van der Waals surface area (Å²) in [4.78, 5) is 17.9.